The van der Waals surface area contributed by atoms with Crippen molar-refractivity contribution in [2.24, 2.45) is 0 Å². The molecule has 4 aromatic rings. The van der Waals surface area contributed by atoms with E-state index in [0.717, 1.165) is 28.5 Å². The summed E-state index contributed by atoms with van der Waals surface area (Å²) in [6.45, 7) is 4.19. The third kappa shape index (κ3) is 5.23. The van der Waals surface area contributed by atoms with Gasteiger partial charge in [0.25, 0.3) is 0 Å². The number of para-hydroxylation sites is 1. The number of benzene rings is 2. The second kappa shape index (κ2) is 11.1. The number of aliphatic carboxylic acids is 1. The van der Waals surface area contributed by atoms with E-state index in [-0.39, 0.29) is 30.6 Å². The molecule has 0 bridgehead atoms. The first kappa shape index (κ1) is 26.7. The summed E-state index contributed by atoms with van der Waals surface area (Å²) < 4.78 is 19.6. The van der Waals surface area contributed by atoms with Crippen LogP contribution in [-0.2, 0) is 17.6 Å². The van der Waals surface area contributed by atoms with E-state index < -0.39 is 5.97 Å². The topological polar surface area (TPSA) is 113 Å². The van der Waals surface area contributed by atoms with Gasteiger partial charge in [-0.1, -0.05) is 37.6 Å². The fourth-order valence-corrected chi connectivity index (χ4v) is 5.55. The number of hydrogen-bond acceptors (Lipinski definition) is 7. The number of aryl methyl sites for hydroxylation is 1. The minimum absolute atomic E-state index is 0.0160. The molecule has 5 rings (SSSR count). The van der Waals surface area contributed by atoms with Crippen molar-refractivity contribution in [2.75, 3.05) is 14.2 Å². The van der Waals surface area contributed by atoms with Crippen LogP contribution < -0.4 is 9.47 Å². The monoisotopic (exact) mass is 550 g/mol. The zero-order valence-corrected chi connectivity index (χ0v) is 23.1. The molecule has 1 aliphatic heterocycles. The normalized spacial score (nSPS) is 16.5. The molecule has 0 fully saturated rings. The van der Waals surface area contributed by atoms with Gasteiger partial charge in [-0.2, -0.15) is 0 Å². The number of rotatable bonds is 9. The maximum Gasteiger partial charge on any atom is 0.303 e. The predicted molar refractivity (Wildman–Crippen MR) is 145 cm³/mol. The number of carboxylic acids is 1. The van der Waals surface area contributed by atoms with E-state index in [9.17, 15) is 4.79 Å². The molecule has 2 unspecified atom stereocenters. The number of oxazole rings is 1. The molecule has 2 atom stereocenters. The SMILES string of the molecule is COc1cccc(C2CC(Cc3ncc(CCC(=O)O)o3)c3nnc(C(C)C)n3-c3ccc(Cl)cc32)c1OC. The lowest BCUT2D eigenvalue weighted by Crippen LogP contribution is -2.12. The summed E-state index contributed by atoms with van der Waals surface area (Å²) in [5.74, 6) is 3.08. The number of nitrogens with zero attached hydrogens (tertiary/aromatic N) is 4. The number of ether oxygens (including phenoxy) is 2. The van der Waals surface area contributed by atoms with E-state index in [0.29, 0.717) is 41.0 Å². The first-order chi connectivity index (χ1) is 18.8. The Morgan fingerprint density at radius 2 is 2.00 bits per heavy atom. The van der Waals surface area contributed by atoms with Crippen LogP contribution in [0.5, 0.6) is 11.5 Å². The molecule has 0 amide bonds. The third-order valence-electron chi connectivity index (χ3n) is 7.14. The quantitative estimate of drug-likeness (QED) is 0.273. The average Bonchev–Trinajstić information content (AvgIpc) is 3.54. The molecule has 39 heavy (non-hydrogen) atoms. The highest BCUT2D eigenvalue weighted by Gasteiger charge is 2.36. The van der Waals surface area contributed by atoms with Gasteiger partial charge in [0.1, 0.15) is 17.4 Å². The molecule has 0 saturated carbocycles. The van der Waals surface area contributed by atoms with Crippen LogP contribution in [0.25, 0.3) is 5.69 Å². The van der Waals surface area contributed by atoms with Gasteiger partial charge in [-0.15, -0.1) is 10.2 Å². The van der Waals surface area contributed by atoms with Crippen LogP contribution in [0.1, 0.15) is 78.9 Å². The van der Waals surface area contributed by atoms with Crippen molar-refractivity contribution in [2.45, 2.75) is 57.3 Å². The van der Waals surface area contributed by atoms with Gasteiger partial charge < -0.3 is 19.0 Å². The van der Waals surface area contributed by atoms with E-state index in [2.05, 4.69) is 39.7 Å². The summed E-state index contributed by atoms with van der Waals surface area (Å²) >= 11 is 6.58. The molecular formula is C29H31ClN4O5. The lowest BCUT2D eigenvalue weighted by atomic mass is 9.82. The minimum atomic E-state index is -0.877. The van der Waals surface area contributed by atoms with E-state index in [1.54, 1.807) is 20.4 Å². The smallest absolute Gasteiger partial charge is 0.303 e. The molecule has 1 N–H and O–H groups in total. The molecular weight excluding hydrogens is 520 g/mol. The van der Waals surface area contributed by atoms with Crippen LogP contribution in [0.15, 0.2) is 47.0 Å². The van der Waals surface area contributed by atoms with Crippen molar-refractivity contribution >= 4 is 17.6 Å². The summed E-state index contributed by atoms with van der Waals surface area (Å²) in [5, 5.41) is 18.9. The highest BCUT2D eigenvalue weighted by Crippen LogP contribution is 2.48. The number of hydrogen-bond donors (Lipinski definition) is 1. The van der Waals surface area contributed by atoms with Crippen molar-refractivity contribution in [3.05, 3.63) is 82.0 Å². The van der Waals surface area contributed by atoms with E-state index >= 15 is 0 Å². The van der Waals surface area contributed by atoms with Gasteiger partial charge in [0.15, 0.2) is 17.4 Å². The zero-order valence-electron chi connectivity index (χ0n) is 22.3. The van der Waals surface area contributed by atoms with Crippen molar-refractivity contribution in [1.29, 1.82) is 0 Å². The van der Waals surface area contributed by atoms with Crippen LogP contribution in [0.4, 0.5) is 0 Å². The molecule has 0 saturated heterocycles. The molecule has 9 nitrogen and oxygen atoms in total. The van der Waals surface area contributed by atoms with Crippen molar-refractivity contribution in [3.63, 3.8) is 0 Å². The average molecular weight is 551 g/mol. The van der Waals surface area contributed by atoms with Gasteiger partial charge >= 0.3 is 5.97 Å². The molecule has 3 heterocycles. The summed E-state index contributed by atoms with van der Waals surface area (Å²) in [6.07, 6.45) is 3.00. The number of halogens is 1. The predicted octanol–water partition coefficient (Wildman–Crippen LogP) is 5.93. The maximum absolute atomic E-state index is 11.0. The molecule has 204 valence electrons. The van der Waals surface area contributed by atoms with Gasteiger partial charge in [-0.25, -0.2) is 4.98 Å². The summed E-state index contributed by atoms with van der Waals surface area (Å²) in [7, 11) is 3.27. The number of carboxylic acid groups (broad SMARTS) is 1. The number of fused-ring (bicyclic) bond motifs is 3. The maximum atomic E-state index is 11.0. The van der Waals surface area contributed by atoms with Crippen LogP contribution in [0.3, 0.4) is 0 Å². The number of aromatic nitrogens is 4. The molecule has 0 radical (unpaired) electrons. The van der Waals surface area contributed by atoms with Gasteiger partial charge in [0.05, 0.1) is 32.5 Å². The highest BCUT2D eigenvalue weighted by molar-refractivity contribution is 6.30. The fraction of sp³-hybridized carbons (Fsp3) is 0.379. The third-order valence-corrected chi connectivity index (χ3v) is 7.37. The highest BCUT2D eigenvalue weighted by atomic mass is 35.5. The molecule has 2 aromatic carbocycles. The van der Waals surface area contributed by atoms with Crippen LogP contribution in [0.2, 0.25) is 5.02 Å². The standard InChI is InChI=1S/C29H31ClN4O5/c1-16(2)28-32-33-29-17(13-25-31-15-19(39-25)9-11-26(35)36)12-21(20-6-5-7-24(37-3)27(20)38-4)22-14-18(30)8-10-23(22)34(28)29/h5-8,10,14-17,21H,9,11-13H2,1-4H3,(H,35,36). The lowest BCUT2D eigenvalue weighted by Gasteiger charge is -2.24. The molecule has 1 aliphatic rings. The van der Waals surface area contributed by atoms with Crippen LogP contribution in [0, 0.1) is 0 Å². The summed E-state index contributed by atoms with van der Waals surface area (Å²) in [6, 6.07) is 11.8. The Bertz CT molecular complexity index is 1490. The van der Waals surface area contributed by atoms with Gasteiger partial charge in [-0.05, 0) is 36.2 Å². The Kier molecular flexibility index (Phi) is 7.61. The van der Waals surface area contributed by atoms with Crippen molar-refractivity contribution in [1.82, 2.24) is 19.7 Å². The van der Waals surface area contributed by atoms with E-state index in [1.807, 2.05) is 30.3 Å². The van der Waals surface area contributed by atoms with E-state index in [1.165, 1.54) is 0 Å². The van der Waals surface area contributed by atoms with Crippen molar-refractivity contribution < 1.29 is 23.8 Å². The first-order valence-corrected chi connectivity index (χ1v) is 13.3. The Balaban J connectivity index is 1.66. The molecule has 0 aliphatic carbocycles. The molecule has 10 heteroatoms. The second-order valence-corrected chi connectivity index (χ2v) is 10.4. The number of methoxy groups -OCH3 is 2. The van der Waals surface area contributed by atoms with Crippen LogP contribution >= 0.6 is 11.6 Å². The minimum Gasteiger partial charge on any atom is -0.493 e. The van der Waals surface area contributed by atoms with Gasteiger partial charge in [-0.3, -0.25) is 9.36 Å². The molecule has 2 aromatic heterocycles. The Morgan fingerprint density at radius 1 is 1.18 bits per heavy atom. The zero-order chi connectivity index (χ0) is 27.7. The Labute approximate surface area is 231 Å². The van der Waals surface area contributed by atoms with Crippen molar-refractivity contribution in [3.8, 4) is 17.2 Å². The summed E-state index contributed by atoms with van der Waals surface area (Å²) in [4.78, 5) is 15.5. The Morgan fingerprint density at radius 3 is 2.72 bits per heavy atom. The van der Waals surface area contributed by atoms with Gasteiger partial charge in [0, 0.05) is 41.2 Å². The lowest BCUT2D eigenvalue weighted by molar-refractivity contribution is -0.137. The number of carbonyl (C=O) groups is 1. The largest absolute Gasteiger partial charge is 0.493 e. The second-order valence-electron chi connectivity index (χ2n) is 10.00. The van der Waals surface area contributed by atoms with Crippen LogP contribution in [-0.4, -0.2) is 45.0 Å². The Hall–Kier alpha value is -3.85. The summed E-state index contributed by atoms with van der Waals surface area (Å²) in [5.41, 5.74) is 2.98. The van der Waals surface area contributed by atoms with E-state index in [4.69, 9.17) is 30.6 Å². The molecule has 0 spiro atoms. The first-order valence-electron chi connectivity index (χ1n) is 12.9. The van der Waals surface area contributed by atoms with Gasteiger partial charge in [0.2, 0.25) is 0 Å². The fourth-order valence-electron chi connectivity index (χ4n) is 5.37.